The Labute approximate surface area is 98.2 Å². The Morgan fingerprint density at radius 1 is 0.750 bits per heavy atom. The molecule has 0 N–H and O–H groups in total. The quantitative estimate of drug-likeness (QED) is 0.642. The van der Waals surface area contributed by atoms with Gasteiger partial charge in [0, 0.05) is 39.3 Å². The molecule has 2 saturated heterocycles. The molecule has 0 radical (unpaired) electrons. The number of hydrogen-bond acceptors (Lipinski definition) is 3. The maximum absolute atomic E-state index is 10.6. The van der Waals surface area contributed by atoms with Crippen molar-refractivity contribution in [3.8, 4) is 0 Å². The molecule has 0 aromatic heterocycles. The molecule has 0 spiro atoms. The normalized spacial score (nSPS) is 24.6. The Balaban J connectivity index is 1.61. The maximum atomic E-state index is 10.6. The van der Waals surface area contributed by atoms with E-state index in [9.17, 15) is 4.79 Å². The van der Waals surface area contributed by atoms with E-state index in [4.69, 9.17) is 0 Å². The molecule has 4 nitrogen and oxygen atoms in total. The summed E-state index contributed by atoms with van der Waals surface area (Å²) >= 11 is 0. The van der Waals surface area contributed by atoms with E-state index in [1.54, 1.807) is 0 Å². The fourth-order valence-corrected chi connectivity index (χ4v) is 2.56. The van der Waals surface area contributed by atoms with Gasteiger partial charge in [-0.2, -0.15) is 0 Å². The molecule has 0 aromatic carbocycles. The second-order valence-electron chi connectivity index (χ2n) is 4.89. The largest absolute Gasteiger partial charge is 0.343 e. The highest BCUT2D eigenvalue weighted by atomic mass is 16.1. The second-order valence-corrected chi connectivity index (χ2v) is 4.89. The molecule has 0 saturated carbocycles. The summed E-state index contributed by atoms with van der Waals surface area (Å²) in [5.74, 6) is 0. The van der Waals surface area contributed by atoms with Crippen molar-refractivity contribution in [2.24, 2.45) is 0 Å². The third-order valence-corrected chi connectivity index (χ3v) is 3.74. The number of carbonyl (C=O) groups excluding carboxylic acids is 1. The van der Waals surface area contributed by atoms with Crippen LogP contribution < -0.4 is 0 Å². The van der Waals surface area contributed by atoms with Gasteiger partial charge in [-0.25, -0.2) is 0 Å². The van der Waals surface area contributed by atoms with Crippen LogP contribution in [0.3, 0.4) is 0 Å². The first-order chi connectivity index (χ1) is 7.88. The number of likely N-dealkylation sites (tertiary alicyclic amines) is 1. The van der Waals surface area contributed by atoms with E-state index in [1.807, 2.05) is 4.90 Å². The minimum atomic E-state index is 0.906. The summed E-state index contributed by atoms with van der Waals surface area (Å²) in [5, 5.41) is 0. The molecule has 2 fully saturated rings. The van der Waals surface area contributed by atoms with Crippen LogP contribution in [0.4, 0.5) is 0 Å². The zero-order valence-electron chi connectivity index (χ0n) is 10.1. The van der Waals surface area contributed by atoms with E-state index < -0.39 is 0 Å². The van der Waals surface area contributed by atoms with Gasteiger partial charge in [0.15, 0.2) is 0 Å². The van der Waals surface area contributed by atoms with Gasteiger partial charge in [-0.05, 0) is 25.9 Å². The van der Waals surface area contributed by atoms with Crippen LogP contribution in [0.25, 0.3) is 0 Å². The van der Waals surface area contributed by atoms with Crippen molar-refractivity contribution in [1.29, 1.82) is 0 Å². The maximum Gasteiger partial charge on any atom is 0.209 e. The standard InChI is InChI=1S/C12H23N3O/c16-12-15-10-8-14(9-11-15)7-6-13-4-2-1-3-5-13/h12H,1-11H2. The number of nitrogens with zero attached hydrogens (tertiary/aromatic N) is 3. The summed E-state index contributed by atoms with van der Waals surface area (Å²) in [6, 6.07) is 0. The first kappa shape index (κ1) is 11.9. The van der Waals surface area contributed by atoms with Gasteiger partial charge in [0.25, 0.3) is 0 Å². The molecule has 2 aliphatic rings. The number of piperidine rings is 1. The van der Waals surface area contributed by atoms with E-state index in [0.717, 1.165) is 32.6 Å². The molecule has 2 aliphatic heterocycles. The van der Waals surface area contributed by atoms with Crippen molar-refractivity contribution in [1.82, 2.24) is 14.7 Å². The van der Waals surface area contributed by atoms with Gasteiger partial charge in [0.1, 0.15) is 0 Å². The zero-order chi connectivity index (χ0) is 11.2. The SMILES string of the molecule is O=CN1CCN(CCN2CCCCC2)CC1. The minimum Gasteiger partial charge on any atom is -0.343 e. The monoisotopic (exact) mass is 225 g/mol. The molecule has 0 atom stereocenters. The van der Waals surface area contributed by atoms with Gasteiger partial charge in [-0.3, -0.25) is 9.69 Å². The molecule has 1 amide bonds. The lowest BCUT2D eigenvalue weighted by Crippen LogP contribution is -2.48. The van der Waals surface area contributed by atoms with Gasteiger partial charge in [0.05, 0.1) is 0 Å². The zero-order valence-corrected chi connectivity index (χ0v) is 10.1. The number of carbonyl (C=O) groups is 1. The summed E-state index contributed by atoms with van der Waals surface area (Å²) in [7, 11) is 0. The lowest BCUT2D eigenvalue weighted by atomic mass is 10.1. The van der Waals surface area contributed by atoms with E-state index in [0.29, 0.717) is 0 Å². The predicted molar refractivity (Wildman–Crippen MR) is 64.4 cm³/mol. The first-order valence-electron chi connectivity index (χ1n) is 6.52. The second kappa shape index (κ2) is 6.21. The van der Waals surface area contributed by atoms with Crippen molar-refractivity contribution >= 4 is 6.41 Å². The summed E-state index contributed by atoms with van der Waals surface area (Å²) in [5.41, 5.74) is 0. The van der Waals surface area contributed by atoms with Crippen LogP contribution in [0.2, 0.25) is 0 Å². The average Bonchev–Trinajstić information content (AvgIpc) is 2.38. The number of piperazine rings is 1. The van der Waals surface area contributed by atoms with E-state index in [1.165, 1.54) is 45.4 Å². The molecule has 0 aliphatic carbocycles. The smallest absolute Gasteiger partial charge is 0.209 e. The van der Waals surface area contributed by atoms with Crippen molar-refractivity contribution in [2.45, 2.75) is 19.3 Å². The molecule has 2 rings (SSSR count). The number of rotatable bonds is 4. The van der Waals surface area contributed by atoms with Gasteiger partial charge in [0.2, 0.25) is 6.41 Å². The lowest BCUT2D eigenvalue weighted by Gasteiger charge is -2.34. The molecule has 2 heterocycles. The summed E-state index contributed by atoms with van der Waals surface area (Å²) in [6.07, 6.45) is 5.13. The van der Waals surface area contributed by atoms with E-state index >= 15 is 0 Å². The molecule has 0 bridgehead atoms. The Kier molecular flexibility index (Phi) is 4.60. The third kappa shape index (κ3) is 3.46. The fraction of sp³-hybridized carbons (Fsp3) is 0.917. The van der Waals surface area contributed by atoms with Gasteiger partial charge in [-0.1, -0.05) is 6.42 Å². The highest BCUT2D eigenvalue weighted by Crippen LogP contribution is 2.08. The minimum absolute atomic E-state index is 0.906. The summed E-state index contributed by atoms with van der Waals surface area (Å²) in [6.45, 7) is 8.86. The third-order valence-electron chi connectivity index (χ3n) is 3.74. The van der Waals surface area contributed by atoms with E-state index in [-0.39, 0.29) is 0 Å². The average molecular weight is 225 g/mol. The Hall–Kier alpha value is -0.610. The predicted octanol–water partition coefficient (Wildman–Crippen LogP) is 0.246. The first-order valence-corrected chi connectivity index (χ1v) is 6.52. The molecule has 92 valence electrons. The van der Waals surface area contributed by atoms with Gasteiger partial charge < -0.3 is 9.80 Å². The van der Waals surface area contributed by atoms with Gasteiger partial charge in [-0.15, -0.1) is 0 Å². The van der Waals surface area contributed by atoms with Crippen LogP contribution in [0.1, 0.15) is 19.3 Å². The summed E-state index contributed by atoms with van der Waals surface area (Å²) < 4.78 is 0. The van der Waals surface area contributed by atoms with Crippen molar-refractivity contribution in [3.63, 3.8) is 0 Å². The molecule has 0 aromatic rings. The Bertz CT molecular complexity index is 208. The Morgan fingerprint density at radius 3 is 1.88 bits per heavy atom. The highest BCUT2D eigenvalue weighted by Gasteiger charge is 2.16. The van der Waals surface area contributed by atoms with Crippen molar-refractivity contribution in [3.05, 3.63) is 0 Å². The molecular weight excluding hydrogens is 202 g/mol. The van der Waals surface area contributed by atoms with Crippen LogP contribution in [0.5, 0.6) is 0 Å². The molecule has 4 heteroatoms. The van der Waals surface area contributed by atoms with Gasteiger partial charge >= 0.3 is 0 Å². The van der Waals surface area contributed by atoms with Crippen LogP contribution in [-0.4, -0.2) is 73.5 Å². The highest BCUT2D eigenvalue weighted by molar-refractivity contribution is 5.47. The number of amides is 1. The Morgan fingerprint density at radius 2 is 1.31 bits per heavy atom. The molecular formula is C12H23N3O. The van der Waals surface area contributed by atoms with E-state index in [2.05, 4.69) is 9.80 Å². The van der Waals surface area contributed by atoms with Crippen LogP contribution in [-0.2, 0) is 4.79 Å². The lowest BCUT2D eigenvalue weighted by molar-refractivity contribution is -0.119. The topological polar surface area (TPSA) is 26.8 Å². The number of hydrogen-bond donors (Lipinski definition) is 0. The van der Waals surface area contributed by atoms with Crippen molar-refractivity contribution in [2.75, 3.05) is 52.4 Å². The van der Waals surface area contributed by atoms with Crippen molar-refractivity contribution < 1.29 is 4.79 Å². The molecule has 16 heavy (non-hydrogen) atoms. The van der Waals surface area contributed by atoms with Crippen LogP contribution in [0.15, 0.2) is 0 Å². The fourth-order valence-electron chi connectivity index (χ4n) is 2.56. The summed E-state index contributed by atoms with van der Waals surface area (Å²) in [4.78, 5) is 17.5. The molecule has 0 unspecified atom stereocenters. The van der Waals surface area contributed by atoms with Crippen LogP contribution in [0, 0.1) is 0 Å². The van der Waals surface area contributed by atoms with Crippen LogP contribution >= 0.6 is 0 Å².